The number of carbonyl (C=O) groups excluding carboxylic acids is 1. The van der Waals surface area contributed by atoms with Crippen LogP contribution in [0.5, 0.6) is 17.2 Å². The molecule has 0 fully saturated rings. The van der Waals surface area contributed by atoms with Gasteiger partial charge in [0.1, 0.15) is 17.4 Å². The number of hydrogen-bond donors (Lipinski definition) is 0. The van der Waals surface area contributed by atoms with Crippen molar-refractivity contribution in [2.24, 2.45) is 0 Å². The number of ketones is 1. The Hall–Kier alpha value is -2.78. The molecule has 0 N–H and O–H groups in total. The summed E-state index contributed by atoms with van der Waals surface area (Å²) >= 11 is 3.46. The summed E-state index contributed by atoms with van der Waals surface area (Å²) < 4.78 is 17.0. The molecule has 140 valence electrons. The fourth-order valence-corrected chi connectivity index (χ4v) is 3.03. The van der Waals surface area contributed by atoms with E-state index < -0.39 is 5.78 Å². The SMILES string of the molecule is CCCOc1c(Br)cc(/C=C(\C#N)C(=O)c2ccccc2OC)cc1OC. The minimum absolute atomic E-state index is 0.00400. The predicted molar refractivity (Wildman–Crippen MR) is 107 cm³/mol. The van der Waals surface area contributed by atoms with Crippen LogP contribution >= 0.6 is 15.9 Å². The van der Waals surface area contributed by atoms with Crippen molar-refractivity contribution in [3.05, 3.63) is 57.6 Å². The number of halogens is 1. The first-order chi connectivity index (χ1) is 13.0. The molecular formula is C21H20BrNO4. The third-order valence-corrected chi connectivity index (χ3v) is 4.32. The fraction of sp³-hybridized carbons (Fsp3) is 0.238. The van der Waals surface area contributed by atoms with Gasteiger partial charge in [0, 0.05) is 0 Å². The molecule has 0 radical (unpaired) electrons. The maximum atomic E-state index is 12.8. The van der Waals surface area contributed by atoms with Gasteiger partial charge in [-0.15, -0.1) is 0 Å². The van der Waals surface area contributed by atoms with Gasteiger partial charge in [-0.3, -0.25) is 4.79 Å². The van der Waals surface area contributed by atoms with Crippen molar-refractivity contribution in [2.45, 2.75) is 13.3 Å². The second kappa shape index (κ2) is 9.79. The van der Waals surface area contributed by atoms with Crippen LogP contribution < -0.4 is 14.2 Å². The molecule has 6 heteroatoms. The van der Waals surface area contributed by atoms with Crippen molar-refractivity contribution in [2.75, 3.05) is 20.8 Å². The molecule has 0 spiro atoms. The average molecular weight is 430 g/mol. The lowest BCUT2D eigenvalue weighted by Gasteiger charge is -2.13. The molecule has 2 rings (SSSR count). The van der Waals surface area contributed by atoms with Gasteiger partial charge in [-0.2, -0.15) is 5.26 Å². The number of Topliss-reactive ketones (excluding diaryl/α,β-unsaturated/α-hetero) is 1. The molecule has 0 atom stereocenters. The number of benzene rings is 2. The molecule has 0 amide bonds. The first-order valence-electron chi connectivity index (χ1n) is 8.35. The van der Waals surface area contributed by atoms with Crippen molar-refractivity contribution < 1.29 is 19.0 Å². The first kappa shape index (κ1) is 20.5. The lowest BCUT2D eigenvalue weighted by Crippen LogP contribution is -2.04. The lowest BCUT2D eigenvalue weighted by molar-refractivity contribution is 0.103. The van der Waals surface area contributed by atoms with E-state index in [1.54, 1.807) is 43.5 Å². The predicted octanol–water partition coefficient (Wildman–Crippen LogP) is 5.04. The molecule has 0 saturated carbocycles. The van der Waals surface area contributed by atoms with Crippen LogP contribution in [0.3, 0.4) is 0 Å². The van der Waals surface area contributed by atoms with Gasteiger partial charge in [-0.05, 0) is 58.3 Å². The number of methoxy groups -OCH3 is 2. The number of para-hydroxylation sites is 1. The zero-order valence-corrected chi connectivity index (χ0v) is 17.0. The van der Waals surface area contributed by atoms with E-state index in [0.29, 0.717) is 39.5 Å². The van der Waals surface area contributed by atoms with E-state index in [0.717, 1.165) is 6.42 Å². The van der Waals surface area contributed by atoms with Crippen LogP contribution in [0.1, 0.15) is 29.3 Å². The molecule has 0 aromatic heterocycles. The third kappa shape index (κ3) is 4.89. The minimum atomic E-state index is -0.406. The van der Waals surface area contributed by atoms with Crippen LogP contribution in [0.15, 0.2) is 46.4 Å². The Morgan fingerprint density at radius 3 is 2.52 bits per heavy atom. The number of ether oxygens (including phenoxy) is 3. The molecule has 2 aromatic rings. The first-order valence-corrected chi connectivity index (χ1v) is 9.14. The highest BCUT2D eigenvalue weighted by atomic mass is 79.9. The van der Waals surface area contributed by atoms with Crippen LogP contribution in [-0.4, -0.2) is 26.6 Å². The Labute approximate surface area is 167 Å². The molecule has 0 aliphatic heterocycles. The summed E-state index contributed by atoms with van der Waals surface area (Å²) in [6, 6.07) is 12.3. The topological polar surface area (TPSA) is 68.5 Å². The molecular weight excluding hydrogens is 410 g/mol. The molecule has 5 nitrogen and oxygen atoms in total. The molecule has 27 heavy (non-hydrogen) atoms. The van der Waals surface area contributed by atoms with Crippen LogP contribution in [0.2, 0.25) is 0 Å². The number of nitriles is 1. The molecule has 0 unspecified atom stereocenters. The van der Waals surface area contributed by atoms with E-state index in [1.807, 2.05) is 13.0 Å². The maximum Gasteiger partial charge on any atom is 0.207 e. The van der Waals surface area contributed by atoms with E-state index in [2.05, 4.69) is 15.9 Å². The Morgan fingerprint density at radius 2 is 1.89 bits per heavy atom. The summed E-state index contributed by atoms with van der Waals surface area (Å²) in [5, 5.41) is 9.50. The van der Waals surface area contributed by atoms with Crippen molar-refractivity contribution in [3.8, 4) is 23.3 Å². The maximum absolute atomic E-state index is 12.8. The van der Waals surface area contributed by atoms with E-state index in [9.17, 15) is 10.1 Å². The highest BCUT2D eigenvalue weighted by molar-refractivity contribution is 9.10. The summed E-state index contributed by atoms with van der Waals surface area (Å²) in [7, 11) is 3.03. The number of nitrogens with zero attached hydrogens (tertiary/aromatic N) is 1. The van der Waals surface area contributed by atoms with Crippen LogP contribution in [0, 0.1) is 11.3 Å². The van der Waals surface area contributed by atoms with Gasteiger partial charge in [-0.25, -0.2) is 0 Å². The van der Waals surface area contributed by atoms with Gasteiger partial charge in [0.05, 0.1) is 30.9 Å². The number of carbonyl (C=O) groups is 1. The number of hydrogen-bond acceptors (Lipinski definition) is 5. The van der Waals surface area contributed by atoms with Crippen molar-refractivity contribution in [1.29, 1.82) is 5.26 Å². The van der Waals surface area contributed by atoms with Crippen molar-refractivity contribution >= 4 is 27.8 Å². The third-order valence-electron chi connectivity index (χ3n) is 3.73. The molecule has 2 aromatic carbocycles. The highest BCUT2D eigenvalue weighted by Crippen LogP contribution is 2.37. The van der Waals surface area contributed by atoms with Gasteiger partial charge in [-0.1, -0.05) is 19.1 Å². The van der Waals surface area contributed by atoms with Crippen LogP contribution in [-0.2, 0) is 0 Å². The van der Waals surface area contributed by atoms with Crippen molar-refractivity contribution in [3.63, 3.8) is 0 Å². The average Bonchev–Trinajstić information content (AvgIpc) is 2.70. The van der Waals surface area contributed by atoms with Crippen molar-refractivity contribution in [1.82, 2.24) is 0 Å². The molecule has 0 heterocycles. The zero-order chi connectivity index (χ0) is 19.8. The Balaban J connectivity index is 2.44. The second-order valence-electron chi connectivity index (χ2n) is 5.58. The lowest BCUT2D eigenvalue weighted by atomic mass is 10.0. The Bertz CT molecular complexity index is 900. The minimum Gasteiger partial charge on any atom is -0.496 e. The largest absolute Gasteiger partial charge is 0.496 e. The fourth-order valence-electron chi connectivity index (χ4n) is 2.46. The van der Waals surface area contributed by atoms with E-state index >= 15 is 0 Å². The van der Waals surface area contributed by atoms with Gasteiger partial charge >= 0.3 is 0 Å². The van der Waals surface area contributed by atoms with E-state index in [1.165, 1.54) is 13.2 Å². The van der Waals surface area contributed by atoms with Crippen LogP contribution in [0.25, 0.3) is 6.08 Å². The summed E-state index contributed by atoms with van der Waals surface area (Å²) in [5.41, 5.74) is 0.972. The Morgan fingerprint density at radius 1 is 1.19 bits per heavy atom. The molecule has 0 aliphatic rings. The molecule has 0 saturated heterocycles. The smallest absolute Gasteiger partial charge is 0.207 e. The monoisotopic (exact) mass is 429 g/mol. The zero-order valence-electron chi connectivity index (χ0n) is 15.4. The standard InChI is InChI=1S/C21H20BrNO4/c1-4-9-27-21-17(22)11-14(12-19(21)26-3)10-15(13-23)20(24)16-7-5-6-8-18(16)25-2/h5-8,10-12H,4,9H2,1-3H3/b15-10+. The van der Waals surface area contributed by atoms with E-state index in [-0.39, 0.29) is 5.57 Å². The quantitative estimate of drug-likeness (QED) is 0.333. The Kier molecular flexibility index (Phi) is 7.44. The number of allylic oxidation sites excluding steroid dienone is 1. The van der Waals surface area contributed by atoms with Crippen LogP contribution in [0.4, 0.5) is 0 Å². The van der Waals surface area contributed by atoms with Gasteiger partial charge in [0.15, 0.2) is 11.5 Å². The summed E-state index contributed by atoms with van der Waals surface area (Å²) in [5.74, 6) is 1.12. The normalized spacial score (nSPS) is 10.9. The second-order valence-corrected chi connectivity index (χ2v) is 6.44. The molecule has 0 bridgehead atoms. The molecule has 0 aliphatic carbocycles. The van der Waals surface area contributed by atoms with Gasteiger partial charge in [0.25, 0.3) is 0 Å². The summed E-state index contributed by atoms with van der Waals surface area (Å²) in [6.45, 7) is 2.57. The highest BCUT2D eigenvalue weighted by Gasteiger charge is 2.17. The number of rotatable bonds is 8. The van der Waals surface area contributed by atoms with Gasteiger partial charge in [0.2, 0.25) is 5.78 Å². The van der Waals surface area contributed by atoms with E-state index in [4.69, 9.17) is 14.2 Å². The van der Waals surface area contributed by atoms with Gasteiger partial charge < -0.3 is 14.2 Å². The summed E-state index contributed by atoms with van der Waals surface area (Å²) in [4.78, 5) is 12.8. The summed E-state index contributed by atoms with van der Waals surface area (Å²) in [6.07, 6.45) is 2.38.